The predicted molar refractivity (Wildman–Crippen MR) is 153 cm³/mol. The highest BCUT2D eigenvalue weighted by Gasteiger charge is 2.34. The number of hydrogen-bond acceptors (Lipinski definition) is 6. The molecular formula is C29H24N6O3S. The van der Waals surface area contributed by atoms with Crippen LogP contribution in [0.1, 0.15) is 35.4 Å². The van der Waals surface area contributed by atoms with Crippen molar-refractivity contribution in [3.05, 3.63) is 78.5 Å². The zero-order chi connectivity index (χ0) is 26.9. The maximum absolute atomic E-state index is 13.5. The number of aliphatic imine (C=N–C) groups is 1. The van der Waals surface area contributed by atoms with E-state index < -0.39 is 5.91 Å². The average molecular weight is 537 g/mol. The van der Waals surface area contributed by atoms with Gasteiger partial charge in [-0.2, -0.15) is 0 Å². The summed E-state index contributed by atoms with van der Waals surface area (Å²) in [5.74, 6) is -0.760. The number of nitrogens with zero attached hydrogens (tertiary/aromatic N) is 4. The number of carbonyl (C=O) groups is 3. The molecule has 194 valence electrons. The summed E-state index contributed by atoms with van der Waals surface area (Å²) in [5.41, 5.74) is 4.04. The number of rotatable bonds is 5. The number of hydrogen-bond donors (Lipinski definition) is 2. The Morgan fingerprint density at radius 2 is 1.95 bits per heavy atom. The number of pyridine rings is 2. The van der Waals surface area contributed by atoms with Gasteiger partial charge in [-0.3, -0.25) is 19.5 Å². The fourth-order valence-corrected chi connectivity index (χ4v) is 6.04. The van der Waals surface area contributed by atoms with Crippen LogP contribution >= 0.6 is 11.3 Å². The van der Waals surface area contributed by atoms with Gasteiger partial charge >= 0.3 is 6.03 Å². The standard InChI is InChI=1S/C29H24N6O3S/c1-2-23(36)32-19-10-6-7-11-20(19)33-27(37)26-25-24-22(13-15-31-28(24)39-26)35(29(38)34-25)18-12-14-30-21(16-18)17-8-4-3-5-9-17/h2-5,8-9,12-16,20H,1,6-7,10-11H2,(H,33,37)(H,34,38)/b32-19+/t20-/m1/s1. The Hall–Kier alpha value is -4.70. The number of thiophene rings is 1. The van der Waals surface area contributed by atoms with Crippen LogP contribution in [0.4, 0.5) is 21.9 Å². The van der Waals surface area contributed by atoms with Gasteiger partial charge in [-0.05, 0) is 43.5 Å². The highest BCUT2D eigenvalue weighted by molar-refractivity contribution is 7.21. The molecule has 6 rings (SSSR count). The second-order valence-corrected chi connectivity index (χ2v) is 10.3. The van der Waals surface area contributed by atoms with Crippen molar-refractivity contribution in [2.24, 2.45) is 4.99 Å². The predicted octanol–water partition coefficient (Wildman–Crippen LogP) is 5.87. The summed E-state index contributed by atoms with van der Waals surface area (Å²) in [5, 5.41) is 6.66. The summed E-state index contributed by atoms with van der Waals surface area (Å²) >= 11 is 1.22. The molecule has 9 nitrogen and oxygen atoms in total. The van der Waals surface area contributed by atoms with Crippen molar-refractivity contribution in [1.29, 1.82) is 0 Å². The van der Waals surface area contributed by atoms with Crippen LogP contribution in [0, 0.1) is 0 Å². The van der Waals surface area contributed by atoms with E-state index >= 15 is 0 Å². The lowest BCUT2D eigenvalue weighted by Gasteiger charge is -2.29. The van der Waals surface area contributed by atoms with Crippen LogP contribution in [0.5, 0.6) is 0 Å². The molecule has 1 saturated carbocycles. The quantitative estimate of drug-likeness (QED) is 0.310. The van der Waals surface area contributed by atoms with Crippen LogP contribution in [0.25, 0.3) is 21.5 Å². The first-order chi connectivity index (χ1) is 19.0. The van der Waals surface area contributed by atoms with Crippen molar-refractivity contribution in [3.8, 4) is 11.3 Å². The molecule has 3 aromatic heterocycles. The Labute approximate surface area is 228 Å². The average Bonchev–Trinajstić information content (AvgIpc) is 3.34. The second kappa shape index (κ2) is 10.2. The van der Waals surface area contributed by atoms with Gasteiger partial charge in [0.15, 0.2) is 0 Å². The lowest BCUT2D eigenvalue weighted by molar-refractivity contribution is -0.113. The summed E-state index contributed by atoms with van der Waals surface area (Å²) in [6, 6.07) is 14.4. The zero-order valence-corrected chi connectivity index (χ0v) is 21.7. The summed E-state index contributed by atoms with van der Waals surface area (Å²) in [6.45, 7) is 3.48. The van der Waals surface area contributed by atoms with Gasteiger partial charge in [-0.15, -0.1) is 11.3 Å². The van der Waals surface area contributed by atoms with Gasteiger partial charge in [-0.1, -0.05) is 43.3 Å². The smallest absolute Gasteiger partial charge is 0.331 e. The number of carbonyl (C=O) groups excluding carboxylic acids is 3. The van der Waals surface area contributed by atoms with Crippen molar-refractivity contribution in [1.82, 2.24) is 15.3 Å². The van der Waals surface area contributed by atoms with Gasteiger partial charge < -0.3 is 10.6 Å². The van der Waals surface area contributed by atoms with E-state index in [1.165, 1.54) is 11.3 Å². The lowest BCUT2D eigenvalue weighted by atomic mass is 9.93. The first-order valence-electron chi connectivity index (χ1n) is 12.6. The molecule has 39 heavy (non-hydrogen) atoms. The molecule has 0 spiro atoms. The molecule has 4 heterocycles. The van der Waals surface area contributed by atoms with Crippen LogP contribution in [-0.2, 0) is 4.79 Å². The van der Waals surface area contributed by atoms with Gasteiger partial charge in [0.1, 0.15) is 9.71 Å². The van der Waals surface area contributed by atoms with E-state index in [4.69, 9.17) is 0 Å². The summed E-state index contributed by atoms with van der Waals surface area (Å²) in [6.07, 6.45) is 7.62. The molecule has 2 aliphatic rings. The monoisotopic (exact) mass is 536 g/mol. The first-order valence-corrected chi connectivity index (χ1v) is 13.4. The summed E-state index contributed by atoms with van der Waals surface area (Å²) in [4.78, 5) is 54.5. The second-order valence-electron chi connectivity index (χ2n) is 9.26. The fourth-order valence-electron chi connectivity index (χ4n) is 5.02. The Balaban J connectivity index is 1.36. The van der Waals surface area contributed by atoms with Gasteiger partial charge in [0, 0.05) is 23.7 Å². The minimum Gasteiger partial charge on any atom is -0.343 e. The van der Waals surface area contributed by atoms with E-state index in [0.29, 0.717) is 50.7 Å². The van der Waals surface area contributed by atoms with E-state index in [-0.39, 0.29) is 18.0 Å². The van der Waals surface area contributed by atoms with Crippen molar-refractivity contribution >= 4 is 62.2 Å². The molecular weight excluding hydrogens is 512 g/mol. The van der Waals surface area contributed by atoms with E-state index in [0.717, 1.165) is 30.2 Å². The van der Waals surface area contributed by atoms with E-state index in [1.54, 1.807) is 29.4 Å². The Kier molecular flexibility index (Phi) is 6.45. The lowest BCUT2D eigenvalue weighted by Crippen LogP contribution is -2.43. The number of nitrogens with one attached hydrogen (secondary N) is 2. The Bertz CT molecular complexity index is 1660. The number of anilines is 3. The summed E-state index contributed by atoms with van der Waals surface area (Å²) < 4.78 is 0. The third-order valence-electron chi connectivity index (χ3n) is 6.84. The van der Waals surface area contributed by atoms with Gasteiger partial charge in [0.05, 0.1) is 34.2 Å². The molecule has 10 heteroatoms. The minimum atomic E-state index is -0.421. The first kappa shape index (κ1) is 24.6. The highest BCUT2D eigenvalue weighted by Crippen LogP contribution is 2.46. The van der Waals surface area contributed by atoms with Crippen LogP contribution in [0.3, 0.4) is 0 Å². The number of benzene rings is 1. The van der Waals surface area contributed by atoms with E-state index in [1.807, 2.05) is 36.4 Å². The SMILES string of the molecule is C=CC(=O)/N=C1\CCCC[C@H]1NC(=O)c1sc2nccc3c2c1NC(=O)N3c1ccnc(-c2ccccc2)c1. The molecule has 0 bridgehead atoms. The molecule has 1 atom stereocenters. The maximum atomic E-state index is 13.5. The molecule has 0 unspecified atom stereocenters. The molecule has 0 radical (unpaired) electrons. The maximum Gasteiger partial charge on any atom is 0.331 e. The van der Waals surface area contributed by atoms with Crippen molar-refractivity contribution < 1.29 is 14.4 Å². The fraction of sp³-hybridized carbons (Fsp3) is 0.172. The molecule has 0 saturated heterocycles. The van der Waals surface area contributed by atoms with Crippen LogP contribution in [0.2, 0.25) is 0 Å². The minimum absolute atomic E-state index is 0.339. The highest BCUT2D eigenvalue weighted by atomic mass is 32.1. The molecule has 4 amide bonds. The van der Waals surface area contributed by atoms with Crippen molar-refractivity contribution in [2.45, 2.75) is 31.7 Å². The normalized spacial score (nSPS) is 17.6. The van der Waals surface area contributed by atoms with Crippen LogP contribution < -0.4 is 15.5 Å². The Morgan fingerprint density at radius 1 is 1.13 bits per heavy atom. The van der Waals surface area contributed by atoms with Gasteiger partial charge in [0.2, 0.25) is 0 Å². The van der Waals surface area contributed by atoms with Gasteiger partial charge in [-0.25, -0.2) is 14.8 Å². The molecule has 4 aromatic rings. The van der Waals surface area contributed by atoms with Crippen LogP contribution in [-0.4, -0.2) is 39.6 Å². The Morgan fingerprint density at radius 3 is 2.77 bits per heavy atom. The van der Waals surface area contributed by atoms with E-state index in [2.05, 4.69) is 32.2 Å². The molecule has 1 aliphatic carbocycles. The molecule has 2 N–H and O–H groups in total. The van der Waals surface area contributed by atoms with Gasteiger partial charge in [0.25, 0.3) is 11.8 Å². The molecule has 1 aromatic carbocycles. The van der Waals surface area contributed by atoms with Crippen molar-refractivity contribution in [2.75, 3.05) is 10.2 Å². The zero-order valence-electron chi connectivity index (χ0n) is 20.9. The number of amides is 4. The number of urea groups is 1. The largest absolute Gasteiger partial charge is 0.343 e. The third kappa shape index (κ3) is 4.59. The molecule has 1 fully saturated rings. The van der Waals surface area contributed by atoms with Crippen molar-refractivity contribution in [3.63, 3.8) is 0 Å². The van der Waals surface area contributed by atoms with Crippen LogP contribution in [0.15, 0.2) is 78.6 Å². The molecule has 1 aliphatic heterocycles. The number of aromatic nitrogens is 2. The topological polar surface area (TPSA) is 117 Å². The van der Waals surface area contributed by atoms with E-state index in [9.17, 15) is 14.4 Å². The third-order valence-corrected chi connectivity index (χ3v) is 7.93. The summed E-state index contributed by atoms with van der Waals surface area (Å²) in [7, 11) is 0.